The second-order valence-electron chi connectivity index (χ2n) is 11.6. The summed E-state index contributed by atoms with van der Waals surface area (Å²) in [5.74, 6) is 4.54. The van der Waals surface area contributed by atoms with Gasteiger partial charge in [0.25, 0.3) is 5.56 Å². The van der Waals surface area contributed by atoms with Crippen LogP contribution in [0.3, 0.4) is 0 Å². The van der Waals surface area contributed by atoms with Gasteiger partial charge < -0.3 is 14.2 Å². The van der Waals surface area contributed by atoms with Crippen LogP contribution in [0.4, 0.5) is 0 Å². The summed E-state index contributed by atoms with van der Waals surface area (Å²) in [5, 5.41) is 0. The highest BCUT2D eigenvalue weighted by atomic mass is 16.6. The lowest BCUT2D eigenvalue weighted by atomic mass is 10.1. The van der Waals surface area contributed by atoms with Gasteiger partial charge in [-0.3, -0.25) is 14.3 Å². The van der Waals surface area contributed by atoms with Crippen LogP contribution in [0.2, 0.25) is 0 Å². The molecule has 0 unspecified atom stereocenters. The van der Waals surface area contributed by atoms with E-state index in [1.54, 1.807) is 60.8 Å². The standard InChI is InChI=1S/C37H37N3O7/c1-4-5-6-7-26-12-18-30(38-21-26)19-17-29-22-40(37(44)39-34(29)41)33-20-31(47-36(43)28-15-10-25(3)11-16-28)32(46-33)23-45-35(42)27-13-8-24(2)9-14-27/h8-16,18,21-22,31-33H,4-7,20,23H2,1-3H3,(H,39,41,44)/t31-,32+,33+/m0/s1. The quantitative estimate of drug-likeness (QED) is 0.146. The third kappa shape index (κ3) is 8.71. The molecule has 10 heteroatoms. The van der Waals surface area contributed by atoms with Crippen LogP contribution in [0.1, 0.15) is 87.5 Å². The Morgan fingerprint density at radius 3 is 2.26 bits per heavy atom. The van der Waals surface area contributed by atoms with Gasteiger partial charge in [-0.1, -0.05) is 67.1 Å². The molecule has 4 aromatic rings. The van der Waals surface area contributed by atoms with E-state index < -0.39 is 41.6 Å². The molecule has 0 radical (unpaired) electrons. The van der Waals surface area contributed by atoms with Gasteiger partial charge in [-0.2, -0.15) is 0 Å². The zero-order chi connectivity index (χ0) is 33.3. The number of rotatable bonds is 10. The Morgan fingerprint density at radius 2 is 1.62 bits per heavy atom. The van der Waals surface area contributed by atoms with Crippen molar-refractivity contribution in [2.75, 3.05) is 6.61 Å². The molecule has 3 atom stereocenters. The summed E-state index contributed by atoms with van der Waals surface area (Å²) in [6.45, 7) is 5.74. The number of aryl methyl sites for hydroxylation is 3. The Labute approximate surface area is 272 Å². The lowest BCUT2D eigenvalue weighted by Crippen LogP contribution is -2.34. The number of carbonyl (C=O) groups is 2. The maximum absolute atomic E-state index is 13.0. The Morgan fingerprint density at radius 1 is 0.936 bits per heavy atom. The lowest BCUT2D eigenvalue weighted by molar-refractivity contribution is -0.0582. The van der Waals surface area contributed by atoms with Crippen molar-refractivity contribution in [1.82, 2.24) is 14.5 Å². The number of hydrogen-bond donors (Lipinski definition) is 1. The average molecular weight is 636 g/mol. The molecular formula is C37H37N3O7. The molecule has 47 heavy (non-hydrogen) atoms. The SMILES string of the molecule is CCCCCc1ccc(C#Cc2cn([C@H]3C[C@H](OC(=O)c4ccc(C)cc4)[C@@H](COC(=O)c4ccc(C)cc4)O3)c(=O)[nH]c2=O)nc1. The Kier molecular flexibility index (Phi) is 10.8. The van der Waals surface area contributed by atoms with Crippen molar-refractivity contribution < 1.29 is 23.8 Å². The lowest BCUT2D eigenvalue weighted by Gasteiger charge is -2.19. The van der Waals surface area contributed by atoms with E-state index in [1.165, 1.54) is 10.8 Å². The minimum atomic E-state index is -0.945. The summed E-state index contributed by atoms with van der Waals surface area (Å²) in [5.41, 5.74) is 2.94. The number of pyridine rings is 1. The molecule has 0 spiro atoms. The first-order chi connectivity index (χ1) is 22.7. The van der Waals surface area contributed by atoms with E-state index in [2.05, 4.69) is 28.7 Å². The van der Waals surface area contributed by atoms with Crippen molar-refractivity contribution in [3.8, 4) is 11.8 Å². The van der Waals surface area contributed by atoms with Gasteiger partial charge in [0.15, 0.2) is 0 Å². The molecule has 0 saturated carbocycles. The molecule has 5 rings (SSSR count). The monoisotopic (exact) mass is 635 g/mol. The molecule has 3 heterocycles. The molecule has 1 saturated heterocycles. The molecule has 1 N–H and O–H groups in total. The third-order valence-electron chi connectivity index (χ3n) is 7.89. The highest BCUT2D eigenvalue weighted by Gasteiger charge is 2.40. The highest BCUT2D eigenvalue weighted by molar-refractivity contribution is 5.90. The number of aromatic amines is 1. The van der Waals surface area contributed by atoms with Gasteiger partial charge in [0.05, 0.1) is 11.1 Å². The maximum atomic E-state index is 13.0. The summed E-state index contributed by atoms with van der Waals surface area (Å²) < 4.78 is 18.7. The number of aromatic nitrogens is 3. The minimum absolute atomic E-state index is 0.0319. The molecule has 2 aromatic carbocycles. The van der Waals surface area contributed by atoms with Gasteiger partial charge in [0.2, 0.25) is 0 Å². The second kappa shape index (κ2) is 15.3. The Bertz CT molecular complexity index is 1880. The normalized spacial score (nSPS) is 17.0. The molecule has 2 aromatic heterocycles. The van der Waals surface area contributed by atoms with Crippen LogP contribution in [-0.2, 0) is 20.6 Å². The maximum Gasteiger partial charge on any atom is 0.338 e. The summed E-state index contributed by atoms with van der Waals surface area (Å²) in [7, 11) is 0. The van der Waals surface area contributed by atoms with E-state index in [-0.39, 0.29) is 18.6 Å². The number of carbonyl (C=O) groups excluding carboxylic acids is 2. The van der Waals surface area contributed by atoms with Crippen LogP contribution in [0.25, 0.3) is 0 Å². The van der Waals surface area contributed by atoms with E-state index in [0.29, 0.717) is 16.8 Å². The number of unbranched alkanes of at least 4 members (excludes halogenated alkanes) is 2. The number of ether oxygens (including phenoxy) is 3. The van der Waals surface area contributed by atoms with Gasteiger partial charge in [-0.15, -0.1) is 0 Å². The predicted octanol–water partition coefficient (Wildman–Crippen LogP) is 5.05. The zero-order valence-electron chi connectivity index (χ0n) is 26.7. The van der Waals surface area contributed by atoms with Crippen molar-refractivity contribution in [3.63, 3.8) is 0 Å². The van der Waals surface area contributed by atoms with Crippen molar-refractivity contribution in [1.29, 1.82) is 0 Å². The third-order valence-corrected chi connectivity index (χ3v) is 7.89. The van der Waals surface area contributed by atoms with Crippen LogP contribution in [0, 0.1) is 25.7 Å². The fourth-order valence-electron chi connectivity index (χ4n) is 5.12. The highest BCUT2D eigenvalue weighted by Crippen LogP contribution is 2.31. The molecule has 1 fully saturated rings. The Balaban J connectivity index is 1.35. The fraction of sp³-hybridized carbons (Fsp3) is 0.324. The molecule has 0 amide bonds. The van der Waals surface area contributed by atoms with Gasteiger partial charge >= 0.3 is 17.6 Å². The van der Waals surface area contributed by atoms with Crippen LogP contribution >= 0.6 is 0 Å². The summed E-state index contributed by atoms with van der Waals surface area (Å²) in [6, 6.07) is 17.6. The molecule has 10 nitrogen and oxygen atoms in total. The van der Waals surface area contributed by atoms with Crippen LogP contribution in [-0.4, -0.2) is 45.3 Å². The summed E-state index contributed by atoms with van der Waals surface area (Å²) in [6.07, 6.45) is 4.77. The molecule has 242 valence electrons. The molecule has 0 bridgehead atoms. The largest absolute Gasteiger partial charge is 0.459 e. The van der Waals surface area contributed by atoms with E-state index in [4.69, 9.17) is 14.2 Å². The van der Waals surface area contributed by atoms with E-state index in [9.17, 15) is 19.2 Å². The zero-order valence-corrected chi connectivity index (χ0v) is 26.7. The van der Waals surface area contributed by atoms with Crippen molar-refractivity contribution in [3.05, 3.63) is 133 Å². The number of hydrogen-bond acceptors (Lipinski definition) is 8. The first-order valence-corrected chi connectivity index (χ1v) is 15.7. The van der Waals surface area contributed by atoms with Crippen LogP contribution < -0.4 is 11.2 Å². The van der Waals surface area contributed by atoms with Gasteiger partial charge in [-0.25, -0.2) is 19.4 Å². The van der Waals surface area contributed by atoms with Crippen molar-refractivity contribution in [2.24, 2.45) is 0 Å². The van der Waals surface area contributed by atoms with Gasteiger partial charge in [-0.05, 0) is 68.5 Å². The van der Waals surface area contributed by atoms with E-state index in [0.717, 1.165) is 42.4 Å². The predicted molar refractivity (Wildman–Crippen MR) is 175 cm³/mol. The molecule has 1 aliphatic rings. The van der Waals surface area contributed by atoms with Crippen molar-refractivity contribution >= 4 is 11.9 Å². The molecular weight excluding hydrogens is 598 g/mol. The first-order valence-electron chi connectivity index (χ1n) is 15.7. The van der Waals surface area contributed by atoms with E-state index in [1.807, 2.05) is 19.9 Å². The molecule has 1 aliphatic heterocycles. The van der Waals surface area contributed by atoms with Gasteiger partial charge in [0.1, 0.15) is 36.3 Å². The second-order valence-corrected chi connectivity index (χ2v) is 11.6. The first kappa shape index (κ1) is 33.1. The summed E-state index contributed by atoms with van der Waals surface area (Å²) >= 11 is 0. The van der Waals surface area contributed by atoms with Crippen LogP contribution in [0.15, 0.2) is 82.6 Å². The smallest absolute Gasteiger partial charge is 0.338 e. The van der Waals surface area contributed by atoms with Crippen LogP contribution in [0.5, 0.6) is 0 Å². The number of nitrogens with zero attached hydrogens (tertiary/aromatic N) is 2. The Hall–Kier alpha value is -5.27. The molecule has 0 aliphatic carbocycles. The number of nitrogens with one attached hydrogen (secondary N) is 1. The van der Waals surface area contributed by atoms with Gasteiger partial charge in [0, 0.05) is 18.8 Å². The summed E-state index contributed by atoms with van der Waals surface area (Å²) in [4.78, 5) is 58.1. The number of benzene rings is 2. The number of H-pyrrole nitrogens is 1. The number of esters is 2. The topological polar surface area (TPSA) is 130 Å². The van der Waals surface area contributed by atoms with E-state index >= 15 is 0 Å². The van der Waals surface area contributed by atoms with Crippen molar-refractivity contribution in [2.45, 2.75) is 71.3 Å². The average Bonchev–Trinajstić information content (AvgIpc) is 3.46. The minimum Gasteiger partial charge on any atom is -0.459 e. The fourth-order valence-corrected chi connectivity index (χ4v) is 5.12.